The molecule has 1 aliphatic rings. The average Bonchev–Trinajstić information content (AvgIpc) is 2.53. The van der Waals surface area contributed by atoms with E-state index < -0.39 is 5.97 Å². The van der Waals surface area contributed by atoms with E-state index >= 15 is 0 Å². The fourth-order valence-electron chi connectivity index (χ4n) is 2.52. The minimum atomic E-state index is -0.952. The van der Waals surface area contributed by atoms with Gasteiger partial charge >= 0.3 is 5.97 Å². The van der Waals surface area contributed by atoms with Crippen molar-refractivity contribution in [2.24, 2.45) is 5.92 Å². The van der Waals surface area contributed by atoms with Gasteiger partial charge in [0.15, 0.2) is 0 Å². The molecule has 2 aromatic rings. The van der Waals surface area contributed by atoms with Crippen LogP contribution in [0, 0.1) is 5.92 Å². The molecule has 0 bridgehead atoms. The summed E-state index contributed by atoms with van der Waals surface area (Å²) < 4.78 is 5.35. The Morgan fingerprint density at radius 2 is 2.14 bits per heavy atom. The SMILES string of the molecule is O=C(O)c1ccc2c(NCC3CCOCC3)ncnc2c1. The number of anilines is 1. The van der Waals surface area contributed by atoms with Crippen molar-refractivity contribution in [3.05, 3.63) is 30.1 Å². The summed E-state index contributed by atoms with van der Waals surface area (Å²) in [5.74, 6) is 0.387. The number of ether oxygens (including phenoxy) is 1. The molecule has 21 heavy (non-hydrogen) atoms. The zero-order valence-corrected chi connectivity index (χ0v) is 11.6. The molecule has 0 saturated carbocycles. The first-order chi connectivity index (χ1) is 10.2. The van der Waals surface area contributed by atoms with Gasteiger partial charge in [-0.05, 0) is 37.0 Å². The van der Waals surface area contributed by atoms with Crippen molar-refractivity contribution in [2.75, 3.05) is 25.1 Å². The zero-order chi connectivity index (χ0) is 14.7. The quantitative estimate of drug-likeness (QED) is 0.896. The molecule has 6 nitrogen and oxygen atoms in total. The van der Waals surface area contributed by atoms with Crippen LogP contribution in [0.5, 0.6) is 0 Å². The van der Waals surface area contributed by atoms with Crippen LogP contribution in [-0.4, -0.2) is 40.8 Å². The van der Waals surface area contributed by atoms with Crippen LogP contribution in [0.15, 0.2) is 24.5 Å². The van der Waals surface area contributed by atoms with Gasteiger partial charge < -0.3 is 15.2 Å². The molecular weight excluding hydrogens is 270 g/mol. The predicted octanol–water partition coefficient (Wildman–Crippen LogP) is 2.17. The summed E-state index contributed by atoms with van der Waals surface area (Å²) in [5.41, 5.74) is 0.871. The molecule has 1 fully saturated rings. The summed E-state index contributed by atoms with van der Waals surface area (Å²) in [6, 6.07) is 4.90. The molecule has 1 aromatic heterocycles. The minimum absolute atomic E-state index is 0.233. The lowest BCUT2D eigenvalue weighted by Crippen LogP contribution is -2.23. The van der Waals surface area contributed by atoms with Gasteiger partial charge in [-0.1, -0.05) is 0 Å². The Kier molecular flexibility index (Phi) is 3.96. The molecule has 0 unspecified atom stereocenters. The van der Waals surface area contributed by atoms with E-state index in [9.17, 15) is 4.79 Å². The van der Waals surface area contributed by atoms with Crippen LogP contribution in [0.2, 0.25) is 0 Å². The highest BCUT2D eigenvalue weighted by Gasteiger charge is 2.14. The normalized spacial score (nSPS) is 16.0. The number of nitrogens with zero attached hydrogens (tertiary/aromatic N) is 2. The van der Waals surface area contributed by atoms with Crippen molar-refractivity contribution in [2.45, 2.75) is 12.8 Å². The molecule has 0 amide bonds. The Labute approximate surface area is 122 Å². The fraction of sp³-hybridized carbons (Fsp3) is 0.400. The number of benzene rings is 1. The molecule has 1 saturated heterocycles. The standard InChI is InChI=1S/C15H17N3O3/c19-15(20)11-1-2-12-13(7-11)17-9-18-14(12)16-8-10-3-5-21-6-4-10/h1-2,7,9-10H,3-6,8H2,(H,19,20)(H,16,17,18). The van der Waals surface area contributed by atoms with E-state index in [0.29, 0.717) is 11.4 Å². The second-order valence-electron chi connectivity index (χ2n) is 5.20. The molecule has 1 aromatic carbocycles. The van der Waals surface area contributed by atoms with Crippen molar-refractivity contribution in [1.29, 1.82) is 0 Å². The van der Waals surface area contributed by atoms with E-state index in [0.717, 1.165) is 43.8 Å². The van der Waals surface area contributed by atoms with Gasteiger partial charge in [-0.3, -0.25) is 0 Å². The number of hydrogen-bond acceptors (Lipinski definition) is 5. The number of carbonyl (C=O) groups is 1. The van der Waals surface area contributed by atoms with E-state index in [1.54, 1.807) is 18.2 Å². The van der Waals surface area contributed by atoms with Gasteiger partial charge in [0.05, 0.1) is 11.1 Å². The lowest BCUT2D eigenvalue weighted by atomic mass is 10.0. The van der Waals surface area contributed by atoms with E-state index in [-0.39, 0.29) is 5.56 Å². The Morgan fingerprint density at radius 1 is 1.33 bits per heavy atom. The van der Waals surface area contributed by atoms with Gasteiger partial charge in [0.1, 0.15) is 12.1 Å². The number of fused-ring (bicyclic) bond motifs is 1. The van der Waals surface area contributed by atoms with Crippen LogP contribution >= 0.6 is 0 Å². The molecule has 2 heterocycles. The third-order valence-electron chi connectivity index (χ3n) is 3.78. The van der Waals surface area contributed by atoms with Gasteiger partial charge in [0.2, 0.25) is 0 Å². The van der Waals surface area contributed by atoms with Gasteiger partial charge in [-0.15, -0.1) is 0 Å². The zero-order valence-electron chi connectivity index (χ0n) is 11.6. The molecule has 110 valence electrons. The van der Waals surface area contributed by atoms with E-state index in [2.05, 4.69) is 15.3 Å². The number of carboxylic acid groups (broad SMARTS) is 1. The van der Waals surface area contributed by atoms with E-state index in [1.165, 1.54) is 6.33 Å². The molecule has 3 rings (SSSR count). The molecule has 1 aliphatic heterocycles. The summed E-state index contributed by atoms with van der Waals surface area (Å²) >= 11 is 0. The first-order valence-electron chi connectivity index (χ1n) is 7.04. The summed E-state index contributed by atoms with van der Waals surface area (Å²) in [5, 5.41) is 13.2. The largest absolute Gasteiger partial charge is 0.478 e. The van der Waals surface area contributed by atoms with Crippen molar-refractivity contribution in [1.82, 2.24) is 9.97 Å². The van der Waals surface area contributed by atoms with Crippen molar-refractivity contribution in [3.8, 4) is 0 Å². The van der Waals surface area contributed by atoms with Crippen LogP contribution in [0.25, 0.3) is 10.9 Å². The maximum absolute atomic E-state index is 11.0. The smallest absolute Gasteiger partial charge is 0.335 e. The first kappa shape index (κ1) is 13.8. The van der Waals surface area contributed by atoms with Gasteiger partial charge in [-0.25, -0.2) is 14.8 Å². The highest BCUT2D eigenvalue weighted by Crippen LogP contribution is 2.22. The van der Waals surface area contributed by atoms with Crippen LogP contribution in [0.1, 0.15) is 23.2 Å². The summed E-state index contributed by atoms with van der Waals surface area (Å²) in [4.78, 5) is 19.4. The molecule has 0 radical (unpaired) electrons. The highest BCUT2D eigenvalue weighted by molar-refractivity contribution is 5.96. The number of carboxylic acids is 1. The summed E-state index contributed by atoms with van der Waals surface area (Å²) in [7, 11) is 0. The molecule has 0 aliphatic carbocycles. The number of aromatic nitrogens is 2. The number of hydrogen-bond donors (Lipinski definition) is 2. The second kappa shape index (κ2) is 6.05. The number of nitrogens with one attached hydrogen (secondary N) is 1. The van der Waals surface area contributed by atoms with Crippen LogP contribution in [0.3, 0.4) is 0 Å². The monoisotopic (exact) mass is 287 g/mol. The van der Waals surface area contributed by atoms with Crippen LogP contribution in [-0.2, 0) is 4.74 Å². The van der Waals surface area contributed by atoms with Crippen molar-refractivity contribution in [3.63, 3.8) is 0 Å². The Morgan fingerprint density at radius 3 is 2.90 bits per heavy atom. The van der Waals surface area contributed by atoms with Gasteiger partial charge in [0.25, 0.3) is 0 Å². The Bertz CT molecular complexity index is 654. The highest BCUT2D eigenvalue weighted by atomic mass is 16.5. The molecule has 0 atom stereocenters. The maximum atomic E-state index is 11.0. The van der Waals surface area contributed by atoms with E-state index in [1.807, 2.05) is 0 Å². The summed E-state index contributed by atoms with van der Waals surface area (Å²) in [6.45, 7) is 2.48. The predicted molar refractivity (Wildman–Crippen MR) is 78.5 cm³/mol. The lowest BCUT2D eigenvalue weighted by molar-refractivity contribution is 0.0695. The topological polar surface area (TPSA) is 84.3 Å². The average molecular weight is 287 g/mol. The van der Waals surface area contributed by atoms with Gasteiger partial charge in [-0.2, -0.15) is 0 Å². The van der Waals surface area contributed by atoms with Gasteiger partial charge in [0, 0.05) is 25.1 Å². The number of aromatic carboxylic acids is 1. The summed E-state index contributed by atoms with van der Waals surface area (Å²) in [6.07, 6.45) is 3.57. The van der Waals surface area contributed by atoms with Crippen molar-refractivity contribution >= 4 is 22.7 Å². The first-order valence-corrected chi connectivity index (χ1v) is 7.04. The maximum Gasteiger partial charge on any atom is 0.335 e. The Hall–Kier alpha value is -2.21. The lowest BCUT2D eigenvalue weighted by Gasteiger charge is -2.22. The number of rotatable bonds is 4. The third-order valence-corrected chi connectivity index (χ3v) is 3.78. The Balaban J connectivity index is 1.80. The molecule has 2 N–H and O–H groups in total. The van der Waals surface area contributed by atoms with E-state index in [4.69, 9.17) is 9.84 Å². The molecular formula is C15H17N3O3. The second-order valence-corrected chi connectivity index (χ2v) is 5.20. The van der Waals surface area contributed by atoms with Crippen LogP contribution in [0.4, 0.5) is 5.82 Å². The van der Waals surface area contributed by atoms with Crippen LogP contribution < -0.4 is 5.32 Å². The van der Waals surface area contributed by atoms with Crippen molar-refractivity contribution < 1.29 is 14.6 Å². The fourth-order valence-corrected chi connectivity index (χ4v) is 2.52. The molecule has 0 spiro atoms. The molecule has 6 heteroatoms. The minimum Gasteiger partial charge on any atom is -0.478 e. The third kappa shape index (κ3) is 3.11.